The van der Waals surface area contributed by atoms with Crippen molar-refractivity contribution >= 4 is 25.4 Å². The minimum Gasteiger partial charge on any atom is -0.397 e. The second-order valence-corrected chi connectivity index (χ2v) is 5.89. The summed E-state index contributed by atoms with van der Waals surface area (Å²) in [6, 6.07) is 1.49. The normalized spacial score (nSPS) is 12.3. The van der Waals surface area contributed by atoms with E-state index in [1.54, 1.807) is 0 Å². The molecule has 0 radical (unpaired) electrons. The quantitative estimate of drug-likeness (QED) is 0.485. The predicted octanol–water partition coefficient (Wildman–Crippen LogP) is 2.73. The smallest absolute Gasteiger partial charge is 0.397 e. The average Bonchev–Trinajstić information content (AvgIpc) is 2.16. The molecule has 19 heavy (non-hydrogen) atoms. The Labute approximate surface area is 109 Å². The van der Waals surface area contributed by atoms with Crippen LogP contribution in [0.5, 0.6) is 5.75 Å². The monoisotopic (exact) mass is 319 g/mol. The lowest BCUT2D eigenvalue weighted by Gasteiger charge is -2.12. The average molecular weight is 320 g/mol. The van der Waals surface area contributed by atoms with Gasteiger partial charge in [0.15, 0.2) is 0 Å². The van der Waals surface area contributed by atoms with E-state index in [2.05, 4.69) is 4.74 Å². The summed E-state index contributed by atoms with van der Waals surface area (Å²) in [5.41, 5.74) is -1.10. The number of hydrogen-bond donors (Lipinski definition) is 0. The van der Waals surface area contributed by atoms with Crippen LogP contribution in [0, 0.1) is 17.0 Å². The number of hydrogen-bond acceptors (Lipinski definition) is 5. The fourth-order valence-electron chi connectivity index (χ4n) is 1.26. The van der Waals surface area contributed by atoms with Gasteiger partial charge >= 0.3 is 12.0 Å². The van der Waals surface area contributed by atoms with Gasteiger partial charge in [-0.1, -0.05) is 0 Å². The van der Waals surface area contributed by atoms with Gasteiger partial charge in [-0.25, -0.2) is 8.42 Å². The third kappa shape index (κ3) is 3.96. The van der Waals surface area contributed by atoms with Gasteiger partial charge in [0.25, 0.3) is 9.05 Å². The molecule has 0 aliphatic heterocycles. The van der Waals surface area contributed by atoms with Crippen LogP contribution in [0.4, 0.5) is 18.9 Å². The fraction of sp³-hybridized carbons (Fsp3) is 0.250. The van der Waals surface area contributed by atoms with Crippen LogP contribution in [0.1, 0.15) is 5.56 Å². The molecule has 0 amide bonds. The molecular formula is C8H5ClF3NO5S. The Hall–Kier alpha value is -1.55. The summed E-state index contributed by atoms with van der Waals surface area (Å²) in [6.07, 6.45) is -5.30. The molecular weight excluding hydrogens is 315 g/mol. The molecule has 0 aliphatic carbocycles. The van der Waals surface area contributed by atoms with E-state index in [-0.39, 0.29) is 5.56 Å². The van der Waals surface area contributed by atoms with Crippen molar-refractivity contribution in [1.29, 1.82) is 0 Å². The standard InChI is InChI=1S/C8H5ClF3NO5S/c1-4-2-5(13(14)15)7(18-8(10,11)12)6(3-4)19(9,16)17/h2-3H,1H3. The Bertz CT molecular complexity index is 628. The minimum absolute atomic E-state index is 0.0421. The molecule has 11 heteroatoms. The van der Waals surface area contributed by atoms with Gasteiger partial charge in [0.1, 0.15) is 4.90 Å². The Kier molecular flexibility index (Phi) is 3.96. The predicted molar refractivity (Wildman–Crippen MR) is 57.6 cm³/mol. The van der Waals surface area contributed by atoms with E-state index >= 15 is 0 Å². The van der Waals surface area contributed by atoms with Crippen LogP contribution in [0.15, 0.2) is 17.0 Å². The van der Waals surface area contributed by atoms with Crippen molar-refractivity contribution in [1.82, 2.24) is 0 Å². The van der Waals surface area contributed by atoms with Crippen LogP contribution in [-0.2, 0) is 9.05 Å². The maximum Gasteiger partial charge on any atom is 0.573 e. The SMILES string of the molecule is Cc1cc([N+](=O)[O-])c(OC(F)(F)F)c(S(=O)(=O)Cl)c1. The molecule has 0 heterocycles. The van der Waals surface area contributed by atoms with Crippen molar-refractivity contribution in [2.75, 3.05) is 0 Å². The van der Waals surface area contributed by atoms with Crippen molar-refractivity contribution in [2.45, 2.75) is 18.2 Å². The summed E-state index contributed by atoms with van der Waals surface area (Å²) in [5.74, 6) is -1.46. The van der Waals surface area contributed by atoms with Gasteiger partial charge in [0.05, 0.1) is 4.92 Å². The molecule has 1 aromatic rings. The number of nitrogens with zero attached hydrogens (tertiary/aromatic N) is 1. The lowest BCUT2D eigenvalue weighted by atomic mass is 10.2. The van der Waals surface area contributed by atoms with Crippen LogP contribution in [0.2, 0.25) is 0 Å². The number of nitro benzene ring substituents is 1. The first-order chi connectivity index (χ1) is 8.42. The van der Waals surface area contributed by atoms with Gasteiger partial charge in [-0.15, -0.1) is 13.2 Å². The third-order valence-electron chi connectivity index (χ3n) is 1.86. The molecule has 0 aliphatic rings. The molecule has 6 nitrogen and oxygen atoms in total. The van der Waals surface area contributed by atoms with Gasteiger partial charge < -0.3 is 4.74 Å². The van der Waals surface area contributed by atoms with Gasteiger partial charge in [-0.3, -0.25) is 10.1 Å². The summed E-state index contributed by atoms with van der Waals surface area (Å²) in [6.45, 7) is 1.26. The molecule has 0 aromatic heterocycles. The van der Waals surface area contributed by atoms with Crippen molar-refractivity contribution in [3.8, 4) is 5.75 Å². The highest BCUT2D eigenvalue weighted by molar-refractivity contribution is 8.13. The van der Waals surface area contributed by atoms with Crippen LogP contribution in [-0.4, -0.2) is 19.7 Å². The van der Waals surface area contributed by atoms with Crippen molar-refractivity contribution in [3.63, 3.8) is 0 Å². The van der Waals surface area contributed by atoms with Crippen LogP contribution >= 0.6 is 10.7 Å². The van der Waals surface area contributed by atoms with Crippen molar-refractivity contribution in [3.05, 3.63) is 27.8 Å². The highest BCUT2D eigenvalue weighted by Gasteiger charge is 2.38. The van der Waals surface area contributed by atoms with Gasteiger partial charge in [0.2, 0.25) is 5.75 Å². The summed E-state index contributed by atoms with van der Waals surface area (Å²) in [5, 5.41) is 10.7. The zero-order valence-electron chi connectivity index (χ0n) is 9.06. The highest BCUT2D eigenvalue weighted by Crippen LogP contribution is 2.40. The lowest BCUT2D eigenvalue weighted by Crippen LogP contribution is -2.19. The van der Waals surface area contributed by atoms with Gasteiger partial charge in [0, 0.05) is 16.7 Å². The number of alkyl halides is 3. The summed E-state index contributed by atoms with van der Waals surface area (Å²) in [7, 11) is 0.302. The maximum absolute atomic E-state index is 12.2. The van der Waals surface area contributed by atoms with Gasteiger partial charge in [-0.2, -0.15) is 0 Å². The maximum atomic E-state index is 12.2. The summed E-state index contributed by atoms with van der Waals surface area (Å²) < 4.78 is 62.2. The number of halogens is 4. The van der Waals surface area contributed by atoms with E-state index in [0.717, 1.165) is 12.1 Å². The van der Waals surface area contributed by atoms with Crippen LogP contribution in [0.25, 0.3) is 0 Å². The Morgan fingerprint density at radius 1 is 1.37 bits per heavy atom. The molecule has 106 valence electrons. The molecule has 0 bridgehead atoms. The molecule has 0 atom stereocenters. The first-order valence-electron chi connectivity index (χ1n) is 4.41. The Balaban J connectivity index is 3.67. The number of aryl methyl sites for hydroxylation is 1. The molecule has 0 unspecified atom stereocenters. The van der Waals surface area contributed by atoms with Gasteiger partial charge in [-0.05, 0) is 18.6 Å². The number of ether oxygens (including phenoxy) is 1. The molecule has 0 saturated carbocycles. The topological polar surface area (TPSA) is 86.5 Å². The van der Waals surface area contributed by atoms with E-state index in [1.807, 2.05) is 0 Å². The number of rotatable bonds is 3. The molecule has 0 fully saturated rings. The first-order valence-corrected chi connectivity index (χ1v) is 6.72. The van der Waals surface area contributed by atoms with Crippen LogP contribution in [0.3, 0.4) is 0 Å². The third-order valence-corrected chi connectivity index (χ3v) is 3.18. The van der Waals surface area contributed by atoms with Crippen LogP contribution < -0.4 is 4.74 Å². The highest BCUT2D eigenvalue weighted by atomic mass is 35.7. The van der Waals surface area contributed by atoms with E-state index in [4.69, 9.17) is 10.7 Å². The van der Waals surface area contributed by atoms with Crippen molar-refractivity contribution < 1.29 is 31.2 Å². The van der Waals surface area contributed by atoms with E-state index in [9.17, 15) is 31.7 Å². The molecule has 0 spiro atoms. The summed E-state index contributed by atoms with van der Waals surface area (Å²) in [4.78, 5) is 8.35. The minimum atomic E-state index is -5.30. The summed E-state index contributed by atoms with van der Waals surface area (Å²) >= 11 is 0. The van der Waals surface area contributed by atoms with Crippen molar-refractivity contribution in [2.24, 2.45) is 0 Å². The lowest BCUT2D eigenvalue weighted by molar-refractivity contribution is -0.389. The van der Waals surface area contributed by atoms with E-state index in [1.165, 1.54) is 6.92 Å². The molecule has 1 rings (SSSR count). The second-order valence-electron chi connectivity index (χ2n) is 3.35. The molecule has 1 aromatic carbocycles. The number of nitro groups is 1. The van der Waals surface area contributed by atoms with E-state index < -0.39 is 36.7 Å². The Morgan fingerprint density at radius 3 is 2.26 bits per heavy atom. The fourth-order valence-corrected chi connectivity index (χ4v) is 2.29. The number of benzene rings is 1. The zero-order valence-corrected chi connectivity index (χ0v) is 10.6. The first kappa shape index (κ1) is 15.5. The molecule has 0 saturated heterocycles. The second kappa shape index (κ2) is 4.85. The molecule has 0 N–H and O–H groups in total. The Morgan fingerprint density at radius 2 is 1.89 bits per heavy atom. The largest absolute Gasteiger partial charge is 0.573 e. The zero-order chi connectivity index (χ0) is 15.0. The van der Waals surface area contributed by atoms with E-state index in [0.29, 0.717) is 0 Å².